The summed E-state index contributed by atoms with van der Waals surface area (Å²) in [5, 5.41) is 2.34. The maximum Gasteiger partial charge on any atom is 0.255 e. The Morgan fingerprint density at radius 1 is 1.03 bits per heavy atom. The zero-order chi connectivity index (χ0) is 22.5. The van der Waals surface area contributed by atoms with Gasteiger partial charge in [0.25, 0.3) is 5.91 Å². The molecule has 0 radical (unpaired) electrons. The Balaban J connectivity index is 1.26. The van der Waals surface area contributed by atoms with E-state index in [0.29, 0.717) is 25.1 Å². The van der Waals surface area contributed by atoms with Gasteiger partial charge in [-0.1, -0.05) is 19.4 Å². The monoisotopic (exact) mass is 442 g/mol. The molecule has 32 heavy (non-hydrogen) atoms. The van der Waals surface area contributed by atoms with E-state index in [1.807, 2.05) is 12.1 Å². The van der Waals surface area contributed by atoms with Crippen molar-refractivity contribution in [1.82, 2.24) is 20.0 Å². The predicted octanol–water partition coefficient (Wildman–Crippen LogP) is 1.63. The molecule has 1 N–H and O–H groups in total. The number of ether oxygens (including phenoxy) is 1. The van der Waals surface area contributed by atoms with Gasteiger partial charge in [-0.05, 0) is 37.9 Å². The summed E-state index contributed by atoms with van der Waals surface area (Å²) >= 11 is 0. The third-order valence-electron chi connectivity index (χ3n) is 6.71. The lowest BCUT2D eigenvalue weighted by Gasteiger charge is -2.34. The number of imide groups is 1. The summed E-state index contributed by atoms with van der Waals surface area (Å²) in [6.45, 7) is 9.91. The van der Waals surface area contributed by atoms with E-state index in [0.717, 1.165) is 50.5 Å². The highest BCUT2D eigenvalue weighted by Gasteiger charge is 2.40. The van der Waals surface area contributed by atoms with Crippen LogP contribution >= 0.6 is 0 Å². The van der Waals surface area contributed by atoms with E-state index in [1.54, 1.807) is 11.0 Å². The van der Waals surface area contributed by atoms with Gasteiger partial charge < -0.3 is 19.4 Å². The van der Waals surface area contributed by atoms with Crippen LogP contribution in [-0.2, 0) is 16.1 Å². The molecule has 1 atom stereocenters. The lowest BCUT2D eigenvalue weighted by Crippen LogP contribution is -2.52. The lowest BCUT2D eigenvalue weighted by atomic mass is 10.0. The Morgan fingerprint density at radius 2 is 1.75 bits per heavy atom. The number of rotatable bonds is 9. The first-order valence-electron chi connectivity index (χ1n) is 11.9. The summed E-state index contributed by atoms with van der Waals surface area (Å²) in [5.41, 5.74) is 1.43. The summed E-state index contributed by atoms with van der Waals surface area (Å²) in [7, 11) is 0. The average molecular weight is 443 g/mol. The highest BCUT2D eigenvalue weighted by Crippen LogP contribution is 2.33. The van der Waals surface area contributed by atoms with Crippen molar-refractivity contribution in [2.75, 3.05) is 45.9 Å². The Kier molecular flexibility index (Phi) is 7.42. The summed E-state index contributed by atoms with van der Waals surface area (Å²) in [5.74, 6) is -0.114. The Morgan fingerprint density at radius 3 is 2.44 bits per heavy atom. The van der Waals surface area contributed by atoms with Gasteiger partial charge in [-0.3, -0.25) is 19.7 Å². The van der Waals surface area contributed by atoms with Crippen molar-refractivity contribution in [2.24, 2.45) is 0 Å². The highest BCUT2D eigenvalue weighted by atomic mass is 16.5. The van der Waals surface area contributed by atoms with Crippen molar-refractivity contribution in [1.29, 1.82) is 0 Å². The minimum absolute atomic E-state index is 0.166. The summed E-state index contributed by atoms with van der Waals surface area (Å²) < 4.78 is 6.07. The number of amides is 3. The van der Waals surface area contributed by atoms with E-state index < -0.39 is 6.04 Å². The molecule has 0 aliphatic carbocycles. The largest absolute Gasteiger partial charge is 0.493 e. The second-order valence-electron chi connectivity index (χ2n) is 8.92. The predicted molar refractivity (Wildman–Crippen MR) is 120 cm³/mol. The normalized spacial score (nSPS) is 22.2. The molecule has 0 saturated carbocycles. The molecule has 3 aliphatic heterocycles. The molecule has 174 valence electrons. The number of carbonyl (C=O) groups is 3. The molecule has 1 unspecified atom stereocenters. The SMILES string of the molecule is CCCCN1CCN(CCCOc2cccc3c2CN(C2CCC(=O)NC2=O)C3=O)CC1. The van der Waals surface area contributed by atoms with Crippen LogP contribution in [0.1, 0.15) is 54.9 Å². The van der Waals surface area contributed by atoms with Gasteiger partial charge in [0.1, 0.15) is 11.8 Å². The number of benzene rings is 1. The zero-order valence-electron chi connectivity index (χ0n) is 19.0. The maximum absolute atomic E-state index is 12.9. The lowest BCUT2D eigenvalue weighted by molar-refractivity contribution is -0.136. The number of piperidine rings is 1. The van der Waals surface area contributed by atoms with Gasteiger partial charge >= 0.3 is 0 Å². The molecule has 2 fully saturated rings. The van der Waals surface area contributed by atoms with E-state index >= 15 is 0 Å². The molecule has 0 aromatic heterocycles. The van der Waals surface area contributed by atoms with E-state index in [9.17, 15) is 14.4 Å². The third kappa shape index (κ3) is 5.13. The number of hydrogen-bond acceptors (Lipinski definition) is 6. The number of nitrogens with zero attached hydrogens (tertiary/aromatic N) is 3. The molecule has 8 nitrogen and oxygen atoms in total. The quantitative estimate of drug-likeness (QED) is 0.463. The first-order chi connectivity index (χ1) is 15.6. The van der Waals surface area contributed by atoms with Crippen molar-refractivity contribution in [3.8, 4) is 5.75 Å². The van der Waals surface area contributed by atoms with Crippen LogP contribution in [0.2, 0.25) is 0 Å². The van der Waals surface area contributed by atoms with Gasteiger partial charge in [0.05, 0.1) is 13.2 Å². The van der Waals surface area contributed by atoms with Gasteiger partial charge in [0, 0.05) is 50.3 Å². The number of nitrogens with one attached hydrogen (secondary N) is 1. The average Bonchev–Trinajstić information content (AvgIpc) is 3.13. The van der Waals surface area contributed by atoms with Gasteiger partial charge in [-0.2, -0.15) is 0 Å². The number of unbranched alkanes of at least 4 members (excludes halogenated alkanes) is 1. The van der Waals surface area contributed by atoms with Crippen LogP contribution in [0.3, 0.4) is 0 Å². The topological polar surface area (TPSA) is 82.2 Å². The first kappa shape index (κ1) is 22.7. The molecule has 3 aliphatic rings. The Labute approximate surface area is 189 Å². The second kappa shape index (κ2) is 10.4. The standard InChI is InChI=1S/C24H34N4O4/c1-2-3-10-26-12-14-27(15-13-26)11-5-16-32-21-7-4-6-18-19(21)17-28(24(18)31)20-8-9-22(29)25-23(20)30/h4,6-7,20H,2-3,5,8-17H2,1H3,(H,25,29,30). The van der Waals surface area contributed by atoms with Gasteiger partial charge in [-0.15, -0.1) is 0 Å². The van der Waals surface area contributed by atoms with Crippen molar-refractivity contribution in [2.45, 2.75) is 51.6 Å². The summed E-state index contributed by atoms with van der Waals surface area (Å²) in [6, 6.07) is 4.91. The van der Waals surface area contributed by atoms with E-state index in [4.69, 9.17) is 4.74 Å². The fourth-order valence-corrected chi connectivity index (χ4v) is 4.78. The fraction of sp³-hybridized carbons (Fsp3) is 0.625. The van der Waals surface area contributed by atoms with Crippen LogP contribution in [0.25, 0.3) is 0 Å². The molecule has 0 spiro atoms. The molecular weight excluding hydrogens is 408 g/mol. The maximum atomic E-state index is 12.9. The molecular formula is C24H34N4O4. The Hall–Kier alpha value is -2.45. The van der Waals surface area contributed by atoms with Crippen molar-refractivity contribution >= 4 is 17.7 Å². The molecule has 4 rings (SSSR count). The Bertz CT molecular complexity index is 850. The summed E-state index contributed by atoms with van der Waals surface area (Å²) in [4.78, 5) is 43.2. The van der Waals surface area contributed by atoms with Crippen LogP contribution in [0.4, 0.5) is 0 Å². The van der Waals surface area contributed by atoms with Gasteiger partial charge in [0.15, 0.2) is 0 Å². The molecule has 3 heterocycles. The fourth-order valence-electron chi connectivity index (χ4n) is 4.78. The molecule has 8 heteroatoms. The zero-order valence-corrected chi connectivity index (χ0v) is 19.0. The smallest absolute Gasteiger partial charge is 0.255 e. The van der Waals surface area contributed by atoms with Gasteiger partial charge in [-0.25, -0.2) is 0 Å². The van der Waals surface area contributed by atoms with Crippen molar-refractivity contribution < 1.29 is 19.1 Å². The molecule has 3 amide bonds. The molecule has 1 aromatic carbocycles. The van der Waals surface area contributed by atoms with E-state index in [2.05, 4.69) is 22.0 Å². The van der Waals surface area contributed by atoms with Crippen molar-refractivity contribution in [3.63, 3.8) is 0 Å². The first-order valence-corrected chi connectivity index (χ1v) is 11.9. The number of piperazine rings is 1. The summed E-state index contributed by atoms with van der Waals surface area (Å²) in [6.07, 6.45) is 4.08. The van der Waals surface area contributed by atoms with E-state index in [1.165, 1.54) is 19.4 Å². The van der Waals surface area contributed by atoms with Crippen molar-refractivity contribution in [3.05, 3.63) is 29.3 Å². The molecule has 1 aromatic rings. The van der Waals surface area contributed by atoms with Crippen LogP contribution in [0.5, 0.6) is 5.75 Å². The van der Waals surface area contributed by atoms with Crippen LogP contribution in [-0.4, -0.2) is 84.3 Å². The third-order valence-corrected chi connectivity index (χ3v) is 6.71. The number of carbonyl (C=O) groups excluding carboxylic acids is 3. The van der Waals surface area contributed by atoms with Crippen LogP contribution < -0.4 is 10.1 Å². The number of hydrogen-bond donors (Lipinski definition) is 1. The molecule has 2 saturated heterocycles. The van der Waals surface area contributed by atoms with Gasteiger partial charge in [0.2, 0.25) is 11.8 Å². The minimum Gasteiger partial charge on any atom is -0.493 e. The second-order valence-corrected chi connectivity index (χ2v) is 8.92. The molecule has 0 bridgehead atoms. The van der Waals surface area contributed by atoms with Crippen LogP contribution in [0, 0.1) is 0 Å². The minimum atomic E-state index is -0.601. The number of fused-ring (bicyclic) bond motifs is 1. The van der Waals surface area contributed by atoms with Crippen LogP contribution in [0.15, 0.2) is 18.2 Å². The van der Waals surface area contributed by atoms with E-state index in [-0.39, 0.29) is 24.1 Å². The highest BCUT2D eigenvalue weighted by molar-refractivity contribution is 6.05.